The first kappa shape index (κ1) is 26.0. The van der Waals surface area contributed by atoms with E-state index in [0.29, 0.717) is 31.4 Å². The van der Waals surface area contributed by atoms with Crippen LogP contribution in [0.4, 0.5) is 0 Å². The molecule has 33 heavy (non-hydrogen) atoms. The molecule has 1 N–H and O–H groups in total. The third kappa shape index (κ3) is 7.16. The molecule has 0 saturated heterocycles. The summed E-state index contributed by atoms with van der Waals surface area (Å²) >= 11 is 24.8. The highest BCUT2D eigenvalue weighted by molar-refractivity contribution is 6.36. The maximum Gasteiger partial charge on any atom is 0.261 e. The van der Waals surface area contributed by atoms with Crippen LogP contribution in [0, 0.1) is 0 Å². The summed E-state index contributed by atoms with van der Waals surface area (Å²) in [5.41, 5.74) is 0.566. The van der Waals surface area contributed by atoms with Gasteiger partial charge in [-0.25, -0.2) is 0 Å². The highest BCUT2D eigenvalue weighted by atomic mass is 35.5. The second-order valence-corrected chi connectivity index (χ2v) is 9.76. The van der Waals surface area contributed by atoms with E-state index >= 15 is 0 Å². The zero-order valence-corrected chi connectivity index (χ0v) is 21.3. The minimum absolute atomic E-state index is 0.0638. The van der Waals surface area contributed by atoms with Crippen molar-refractivity contribution >= 4 is 58.2 Å². The summed E-state index contributed by atoms with van der Waals surface area (Å²) in [5, 5.41) is 4.67. The summed E-state index contributed by atoms with van der Waals surface area (Å²) in [7, 11) is 0. The van der Waals surface area contributed by atoms with Gasteiger partial charge in [-0.2, -0.15) is 0 Å². The van der Waals surface area contributed by atoms with Gasteiger partial charge in [0.15, 0.2) is 6.61 Å². The molecule has 0 radical (unpaired) electrons. The van der Waals surface area contributed by atoms with Crippen LogP contribution in [-0.2, 0) is 16.1 Å². The number of nitrogens with one attached hydrogen (secondary N) is 1. The Kier molecular flexibility index (Phi) is 9.57. The van der Waals surface area contributed by atoms with Crippen molar-refractivity contribution in [2.45, 2.75) is 57.7 Å². The number of amides is 2. The summed E-state index contributed by atoms with van der Waals surface area (Å²) < 4.78 is 5.63. The number of halogens is 4. The first-order chi connectivity index (χ1) is 15.8. The monoisotopic (exact) mass is 530 g/mol. The van der Waals surface area contributed by atoms with E-state index in [1.54, 1.807) is 37.3 Å². The average Bonchev–Trinajstić information content (AvgIpc) is 2.78. The van der Waals surface area contributed by atoms with Crippen LogP contribution in [0.1, 0.15) is 44.6 Å². The molecule has 3 rings (SSSR count). The Balaban J connectivity index is 1.77. The van der Waals surface area contributed by atoms with E-state index in [1.807, 2.05) is 0 Å². The Morgan fingerprint density at radius 1 is 1.03 bits per heavy atom. The van der Waals surface area contributed by atoms with Gasteiger partial charge in [0.05, 0.1) is 5.02 Å². The molecule has 0 heterocycles. The predicted octanol–water partition coefficient (Wildman–Crippen LogP) is 6.55. The Morgan fingerprint density at radius 3 is 2.33 bits per heavy atom. The van der Waals surface area contributed by atoms with Gasteiger partial charge in [-0.1, -0.05) is 71.7 Å². The van der Waals surface area contributed by atoms with Crippen LogP contribution in [0.25, 0.3) is 0 Å². The topological polar surface area (TPSA) is 58.6 Å². The highest BCUT2D eigenvalue weighted by Crippen LogP contribution is 2.29. The van der Waals surface area contributed by atoms with E-state index in [2.05, 4.69) is 5.32 Å². The Morgan fingerprint density at radius 2 is 1.70 bits per heavy atom. The van der Waals surface area contributed by atoms with Gasteiger partial charge >= 0.3 is 0 Å². The van der Waals surface area contributed by atoms with Crippen molar-refractivity contribution in [3.05, 3.63) is 62.1 Å². The van der Waals surface area contributed by atoms with Crippen molar-refractivity contribution in [1.82, 2.24) is 10.2 Å². The third-order valence-corrected chi connectivity index (χ3v) is 6.99. The van der Waals surface area contributed by atoms with Crippen LogP contribution in [0.3, 0.4) is 0 Å². The van der Waals surface area contributed by atoms with Gasteiger partial charge in [-0.3, -0.25) is 9.59 Å². The maximum atomic E-state index is 13.2. The standard InChI is InChI=1S/C24H26Cl4N2O3/c1-15(24(32)29-17-6-3-2-4-7-17)30(13-18-19(26)8-5-9-20(18)27)23(31)14-33-22-11-10-16(25)12-21(22)28/h5,8-12,15,17H,2-4,6-7,13-14H2,1H3,(H,29,32). The van der Waals surface area contributed by atoms with E-state index in [0.717, 1.165) is 25.7 Å². The third-order valence-electron chi connectivity index (χ3n) is 5.75. The van der Waals surface area contributed by atoms with Crippen molar-refractivity contribution in [2.75, 3.05) is 6.61 Å². The summed E-state index contributed by atoms with van der Waals surface area (Å²) in [5.74, 6) is -0.296. The molecule has 0 aliphatic heterocycles. The molecule has 2 aromatic rings. The first-order valence-corrected chi connectivity index (χ1v) is 12.4. The normalized spacial score (nSPS) is 15.1. The quantitative estimate of drug-likeness (QED) is 0.420. The summed E-state index contributed by atoms with van der Waals surface area (Å²) in [4.78, 5) is 27.7. The molecule has 0 spiro atoms. The molecule has 0 aromatic heterocycles. The smallest absolute Gasteiger partial charge is 0.261 e. The van der Waals surface area contributed by atoms with Gasteiger partial charge in [-0.05, 0) is 50.1 Å². The lowest BCUT2D eigenvalue weighted by Gasteiger charge is -2.31. The van der Waals surface area contributed by atoms with E-state index < -0.39 is 11.9 Å². The van der Waals surface area contributed by atoms with E-state index in [9.17, 15) is 9.59 Å². The Hall–Kier alpha value is -1.66. The van der Waals surface area contributed by atoms with Gasteiger partial charge in [0, 0.05) is 33.2 Å². The van der Waals surface area contributed by atoms with Gasteiger partial charge in [0.2, 0.25) is 5.91 Å². The van der Waals surface area contributed by atoms with Crippen LogP contribution in [0.2, 0.25) is 20.1 Å². The highest BCUT2D eigenvalue weighted by Gasteiger charge is 2.29. The number of rotatable bonds is 8. The second kappa shape index (κ2) is 12.2. The molecule has 2 aromatic carbocycles. The lowest BCUT2D eigenvalue weighted by Crippen LogP contribution is -2.51. The predicted molar refractivity (Wildman–Crippen MR) is 133 cm³/mol. The minimum Gasteiger partial charge on any atom is -0.482 e. The number of hydrogen-bond donors (Lipinski definition) is 1. The second-order valence-electron chi connectivity index (χ2n) is 8.10. The number of carbonyl (C=O) groups excluding carboxylic acids is 2. The van der Waals surface area contributed by atoms with Gasteiger partial charge in [-0.15, -0.1) is 0 Å². The number of benzene rings is 2. The van der Waals surface area contributed by atoms with Crippen molar-refractivity contribution < 1.29 is 14.3 Å². The Bertz CT molecular complexity index is 975. The van der Waals surface area contributed by atoms with E-state index in [4.69, 9.17) is 51.1 Å². The summed E-state index contributed by atoms with van der Waals surface area (Å²) in [6, 6.07) is 9.23. The van der Waals surface area contributed by atoms with Crippen molar-refractivity contribution in [2.24, 2.45) is 0 Å². The fourth-order valence-corrected chi connectivity index (χ4v) is 4.80. The number of carbonyl (C=O) groups is 2. The summed E-state index contributed by atoms with van der Waals surface area (Å²) in [6.07, 6.45) is 5.25. The molecule has 2 amide bonds. The van der Waals surface area contributed by atoms with Crippen LogP contribution in [0.15, 0.2) is 36.4 Å². The molecule has 5 nitrogen and oxygen atoms in total. The van der Waals surface area contributed by atoms with Crippen molar-refractivity contribution in [3.63, 3.8) is 0 Å². The fraction of sp³-hybridized carbons (Fsp3) is 0.417. The largest absolute Gasteiger partial charge is 0.482 e. The molecular formula is C24H26Cl4N2O3. The van der Waals surface area contributed by atoms with Gasteiger partial charge in [0.1, 0.15) is 11.8 Å². The average molecular weight is 532 g/mol. The zero-order chi connectivity index (χ0) is 24.0. The maximum absolute atomic E-state index is 13.2. The van der Waals surface area contributed by atoms with Gasteiger partial charge < -0.3 is 15.0 Å². The first-order valence-electron chi connectivity index (χ1n) is 10.9. The molecule has 1 aliphatic rings. The lowest BCUT2D eigenvalue weighted by molar-refractivity contribution is -0.142. The molecule has 0 bridgehead atoms. The molecule has 1 fully saturated rings. The van der Waals surface area contributed by atoms with Crippen LogP contribution in [-0.4, -0.2) is 35.4 Å². The van der Waals surface area contributed by atoms with Crippen molar-refractivity contribution in [1.29, 1.82) is 0 Å². The Labute approximate surface area is 214 Å². The molecule has 178 valence electrons. The minimum atomic E-state index is -0.754. The van der Waals surface area contributed by atoms with Crippen LogP contribution < -0.4 is 10.1 Å². The number of hydrogen-bond acceptors (Lipinski definition) is 3. The molecule has 1 aliphatic carbocycles. The zero-order valence-electron chi connectivity index (χ0n) is 18.3. The number of ether oxygens (including phenoxy) is 1. The lowest BCUT2D eigenvalue weighted by atomic mass is 9.95. The number of nitrogens with zero attached hydrogens (tertiary/aromatic N) is 1. The molecule has 1 unspecified atom stereocenters. The molecule has 1 saturated carbocycles. The fourth-order valence-electron chi connectivity index (χ4n) is 3.82. The van der Waals surface area contributed by atoms with Crippen LogP contribution in [0.5, 0.6) is 5.75 Å². The molecule has 1 atom stereocenters. The van der Waals surface area contributed by atoms with Gasteiger partial charge in [0.25, 0.3) is 5.91 Å². The van der Waals surface area contributed by atoms with Crippen LogP contribution >= 0.6 is 46.4 Å². The van der Waals surface area contributed by atoms with E-state index in [-0.39, 0.29) is 25.1 Å². The summed E-state index contributed by atoms with van der Waals surface area (Å²) in [6.45, 7) is 1.44. The van der Waals surface area contributed by atoms with E-state index in [1.165, 1.54) is 17.4 Å². The van der Waals surface area contributed by atoms with Crippen molar-refractivity contribution in [3.8, 4) is 5.75 Å². The molecule has 9 heteroatoms. The SMILES string of the molecule is CC(C(=O)NC1CCCCC1)N(Cc1c(Cl)cccc1Cl)C(=O)COc1ccc(Cl)cc1Cl. The molecular weight excluding hydrogens is 506 g/mol.